The van der Waals surface area contributed by atoms with Gasteiger partial charge in [-0.2, -0.15) is 5.10 Å². The number of benzene rings is 1. The van der Waals surface area contributed by atoms with Crippen molar-refractivity contribution in [2.75, 3.05) is 5.32 Å². The molecule has 8 nitrogen and oxygen atoms in total. The summed E-state index contributed by atoms with van der Waals surface area (Å²) in [4.78, 5) is 28.9. The van der Waals surface area contributed by atoms with Gasteiger partial charge in [0.25, 0.3) is 5.91 Å². The largest absolute Gasteiger partial charge is 0.448 e. The van der Waals surface area contributed by atoms with Gasteiger partial charge in [-0.3, -0.25) is 14.0 Å². The number of imidazole rings is 1. The normalized spacial score (nSPS) is 11.9. The molecule has 0 fully saturated rings. The van der Waals surface area contributed by atoms with Gasteiger partial charge in [-0.05, 0) is 45.0 Å². The van der Waals surface area contributed by atoms with Gasteiger partial charge in [0, 0.05) is 12.7 Å². The number of halogens is 1. The minimum atomic E-state index is -1.04. The van der Waals surface area contributed by atoms with Crippen LogP contribution in [0.15, 0.2) is 36.8 Å². The van der Waals surface area contributed by atoms with Crippen molar-refractivity contribution >= 4 is 17.6 Å². The second-order valence-corrected chi connectivity index (χ2v) is 6.33. The number of carbonyl (C=O) groups excluding carboxylic acids is 2. The first kappa shape index (κ1) is 19.3. The number of carbonyl (C=O) groups is 2. The van der Waals surface area contributed by atoms with Gasteiger partial charge in [0.15, 0.2) is 11.8 Å². The molecule has 3 aromatic rings. The van der Waals surface area contributed by atoms with E-state index in [-0.39, 0.29) is 11.5 Å². The smallest absolute Gasteiger partial charge is 0.357 e. The number of nitrogens with one attached hydrogen (secondary N) is 1. The summed E-state index contributed by atoms with van der Waals surface area (Å²) in [5.41, 5.74) is 2.72. The molecule has 1 aromatic carbocycles. The Morgan fingerprint density at radius 2 is 1.89 bits per heavy atom. The van der Waals surface area contributed by atoms with Crippen molar-refractivity contribution in [3.05, 3.63) is 59.7 Å². The molecule has 3 rings (SSSR count). The van der Waals surface area contributed by atoms with Crippen molar-refractivity contribution in [3.8, 4) is 5.69 Å². The number of anilines is 1. The third-order valence-corrected chi connectivity index (χ3v) is 4.36. The molecule has 2 heterocycles. The molecule has 0 aliphatic carbocycles. The van der Waals surface area contributed by atoms with Crippen LogP contribution in [0.25, 0.3) is 5.69 Å². The molecule has 1 atom stereocenters. The van der Waals surface area contributed by atoms with Crippen molar-refractivity contribution < 1.29 is 18.7 Å². The fraction of sp³-hybridized carbons (Fsp3) is 0.263. The monoisotopic (exact) mass is 385 g/mol. The maximum atomic E-state index is 13.1. The number of aryl methyl sites for hydroxylation is 2. The molecule has 0 radical (unpaired) electrons. The van der Waals surface area contributed by atoms with Gasteiger partial charge in [0.2, 0.25) is 0 Å². The van der Waals surface area contributed by atoms with Crippen molar-refractivity contribution in [3.63, 3.8) is 0 Å². The highest BCUT2D eigenvalue weighted by Gasteiger charge is 2.23. The predicted octanol–water partition coefficient (Wildman–Crippen LogP) is 2.55. The van der Waals surface area contributed by atoms with Crippen LogP contribution in [-0.2, 0) is 16.6 Å². The summed E-state index contributed by atoms with van der Waals surface area (Å²) in [6.07, 6.45) is 1.70. The number of amides is 1. The van der Waals surface area contributed by atoms with Crippen LogP contribution in [0, 0.1) is 19.7 Å². The average Bonchev–Trinajstić information content (AvgIpc) is 3.23. The fourth-order valence-corrected chi connectivity index (χ4v) is 2.71. The summed E-state index contributed by atoms with van der Waals surface area (Å²) < 4.78 is 21.5. The van der Waals surface area contributed by atoms with Crippen molar-refractivity contribution in [2.24, 2.45) is 7.05 Å². The van der Waals surface area contributed by atoms with Gasteiger partial charge in [0.05, 0.1) is 29.6 Å². The summed E-state index contributed by atoms with van der Waals surface area (Å²) in [6.45, 7) is 5.08. The topological polar surface area (TPSA) is 91.0 Å². The van der Waals surface area contributed by atoms with E-state index in [1.54, 1.807) is 18.7 Å². The van der Waals surface area contributed by atoms with Gasteiger partial charge in [-0.15, -0.1) is 0 Å². The van der Waals surface area contributed by atoms with E-state index in [0.29, 0.717) is 17.1 Å². The van der Waals surface area contributed by atoms with E-state index in [1.807, 2.05) is 6.92 Å². The molecule has 1 unspecified atom stereocenters. The van der Waals surface area contributed by atoms with E-state index in [0.717, 1.165) is 5.69 Å². The maximum absolute atomic E-state index is 13.1. The average molecular weight is 385 g/mol. The number of hydrogen-bond acceptors (Lipinski definition) is 5. The molecular weight excluding hydrogens is 365 g/mol. The zero-order chi connectivity index (χ0) is 20.4. The number of rotatable bonds is 5. The van der Waals surface area contributed by atoms with E-state index < -0.39 is 18.0 Å². The maximum Gasteiger partial charge on any atom is 0.357 e. The van der Waals surface area contributed by atoms with E-state index in [1.165, 1.54) is 48.3 Å². The molecule has 1 amide bonds. The number of nitrogens with zero attached hydrogens (tertiary/aromatic N) is 4. The molecule has 2 aromatic heterocycles. The first-order valence-electron chi connectivity index (χ1n) is 8.58. The molecule has 0 saturated heterocycles. The Morgan fingerprint density at radius 1 is 1.21 bits per heavy atom. The lowest BCUT2D eigenvalue weighted by Crippen LogP contribution is -2.30. The second-order valence-electron chi connectivity index (χ2n) is 6.33. The standard InChI is InChI=1S/C19H20FN5O3/c1-11-17(12(2)24(4)23-11)22-18(26)13(3)28-19(27)16-9-21-10-25(16)15-7-5-14(20)6-8-15/h5-10,13H,1-4H3,(H,22,26). The summed E-state index contributed by atoms with van der Waals surface area (Å²) in [7, 11) is 1.78. The molecule has 28 heavy (non-hydrogen) atoms. The zero-order valence-corrected chi connectivity index (χ0v) is 15.9. The number of aromatic nitrogens is 4. The van der Waals surface area contributed by atoms with Gasteiger partial charge < -0.3 is 10.1 Å². The highest BCUT2D eigenvalue weighted by Crippen LogP contribution is 2.19. The molecular formula is C19H20FN5O3. The van der Waals surface area contributed by atoms with Crippen LogP contribution in [0.5, 0.6) is 0 Å². The molecule has 9 heteroatoms. The quantitative estimate of drug-likeness (QED) is 0.682. The Hall–Kier alpha value is -3.49. The highest BCUT2D eigenvalue weighted by molar-refractivity contribution is 5.97. The number of esters is 1. The van der Waals surface area contributed by atoms with Crippen molar-refractivity contribution in [1.29, 1.82) is 0 Å². The summed E-state index contributed by atoms with van der Waals surface area (Å²) >= 11 is 0. The highest BCUT2D eigenvalue weighted by atomic mass is 19.1. The van der Waals surface area contributed by atoms with Crippen LogP contribution in [-0.4, -0.2) is 37.3 Å². The minimum absolute atomic E-state index is 0.125. The van der Waals surface area contributed by atoms with Crippen LogP contribution < -0.4 is 5.32 Å². The molecule has 0 saturated carbocycles. The van der Waals surface area contributed by atoms with Gasteiger partial charge in [-0.25, -0.2) is 14.2 Å². The van der Waals surface area contributed by atoms with Gasteiger partial charge in [0.1, 0.15) is 5.82 Å². The Bertz CT molecular complexity index is 1020. The van der Waals surface area contributed by atoms with Crippen molar-refractivity contribution in [2.45, 2.75) is 26.9 Å². The lowest BCUT2D eigenvalue weighted by atomic mass is 10.3. The fourth-order valence-electron chi connectivity index (χ4n) is 2.71. The van der Waals surface area contributed by atoms with Crippen LogP contribution in [0.1, 0.15) is 28.8 Å². The molecule has 0 bridgehead atoms. The Balaban J connectivity index is 1.72. The minimum Gasteiger partial charge on any atom is -0.448 e. The van der Waals surface area contributed by atoms with Crippen molar-refractivity contribution in [1.82, 2.24) is 19.3 Å². The van der Waals surface area contributed by atoms with Crippen LogP contribution in [0.3, 0.4) is 0 Å². The third kappa shape index (κ3) is 3.78. The van der Waals surface area contributed by atoms with Gasteiger partial charge >= 0.3 is 5.97 Å². The van der Waals surface area contributed by atoms with Crippen LogP contribution >= 0.6 is 0 Å². The predicted molar refractivity (Wildman–Crippen MR) is 99.7 cm³/mol. The SMILES string of the molecule is Cc1nn(C)c(C)c1NC(=O)C(C)OC(=O)c1cncn1-c1ccc(F)cc1. The number of ether oxygens (including phenoxy) is 1. The van der Waals surface area contributed by atoms with E-state index >= 15 is 0 Å². The zero-order valence-electron chi connectivity index (χ0n) is 15.9. The molecule has 0 spiro atoms. The Labute approximate surface area is 160 Å². The summed E-state index contributed by atoms with van der Waals surface area (Å²) in [5.74, 6) is -1.58. The van der Waals surface area contributed by atoms with Gasteiger partial charge in [-0.1, -0.05) is 0 Å². The van der Waals surface area contributed by atoms with Crippen LogP contribution in [0.2, 0.25) is 0 Å². The van der Waals surface area contributed by atoms with E-state index in [4.69, 9.17) is 4.74 Å². The van der Waals surface area contributed by atoms with Crippen LogP contribution in [0.4, 0.5) is 10.1 Å². The lowest BCUT2D eigenvalue weighted by molar-refractivity contribution is -0.123. The molecule has 146 valence electrons. The Morgan fingerprint density at radius 3 is 2.50 bits per heavy atom. The number of hydrogen-bond donors (Lipinski definition) is 1. The molecule has 0 aliphatic heterocycles. The summed E-state index contributed by atoms with van der Waals surface area (Å²) in [6, 6.07) is 5.58. The molecule has 0 aliphatic rings. The third-order valence-electron chi connectivity index (χ3n) is 4.36. The second kappa shape index (κ2) is 7.63. The molecule has 1 N–H and O–H groups in total. The van der Waals surface area contributed by atoms with E-state index in [2.05, 4.69) is 15.4 Å². The first-order valence-corrected chi connectivity index (χ1v) is 8.58. The lowest BCUT2D eigenvalue weighted by Gasteiger charge is -2.14. The first-order chi connectivity index (χ1) is 13.3. The summed E-state index contributed by atoms with van der Waals surface area (Å²) in [5, 5.41) is 6.97. The van der Waals surface area contributed by atoms with E-state index in [9.17, 15) is 14.0 Å². The Kier molecular flexibility index (Phi) is 5.25.